The highest BCUT2D eigenvalue weighted by Gasteiger charge is 2.11. The Morgan fingerprint density at radius 1 is 1.04 bits per heavy atom. The predicted octanol–water partition coefficient (Wildman–Crippen LogP) is 3.98. The summed E-state index contributed by atoms with van der Waals surface area (Å²) in [5.41, 5.74) is 3.79. The number of benzene rings is 2. The number of nitrogens with one attached hydrogen (secondary N) is 2. The van der Waals surface area contributed by atoms with Crippen LogP contribution in [-0.4, -0.2) is 24.9 Å². The summed E-state index contributed by atoms with van der Waals surface area (Å²) in [5, 5.41) is 13.9. The van der Waals surface area contributed by atoms with Crippen LogP contribution in [0.25, 0.3) is 22.3 Å². The molecule has 26 heavy (non-hydrogen) atoms. The summed E-state index contributed by atoms with van der Waals surface area (Å²) in [6.07, 6.45) is 0. The largest absolute Gasteiger partial charge is 0.324 e. The number of rotatable bonds is 4. The number of anilines is 2. The standard InChI is InChI=1S/C18H14N6O2/c1-11-9-15(12-5-3-2-4-6-12)21-17(19-11)23-18-20-14-8-7-13(24(25)26)10-16(14)22-18/h2-10H,1H3,(H2,19,20,21,22,23). The lowest BCUT2D eigenvalue weighted by molar-refractivity contribution is -0.384. The highest BCUT2D eigenvalue weighted by Crippen LogP contribution is 2.23. The monoisotopic (exact) mass is 346 g/mol. The molecule has 0 bridgehead atoms. The van der Waals surface area contributed by atoms with Crippen molar-refractivity contribution in [2.45, 2.75) is 6.92 Å². The van der Waals surface area contributed by atoms with E-state index in [0.29, 0.717) is 22.9 Å². The zero-order valence-electron chi connectivity index (χ0n) is 13.8. The average molecular weight is 346 g/mol. The van der Waals surface area contributed by atoms with E-state index in [1.165, 1.54) is 12.1 Å². The second kappa shape index (κ2) is 6.25. The molecule has 4 rings (SSSR count). The van der Waals surface area contributed by atoms with Crippen LogP contribution in [0, 0.1) is 17.0 Å². The van der Waals surface area contributed by atoms with E-state index in [-0.39, 0.29) is 5.69 Å². The highest BCUT2D eigenvalue weighted by atomic mass is 16.6. The van der Waals surface area contributed by atoms with Gasteiger partial charge in [-0.25, -0.2) is 15.0 Å². The fourth-order valence-corrected chi connectivity index (χ4v) is 2.66. The normalized spacial score (nSPS) is 10.8. The molecule has 8 nitrogen and oxygen atoms in total. The summed E-state index contributed by atoms with van der Waals surface area (Å²) in [6.45, 7) is 1.89. The third-order valence-corrected chi connectivity index (χ3v) is 3.83. The zero-order valence-corrected chi connectivity index (χ0v) is 13.8. The molecule has 0 fully saturated rings. The Morgan fingerprint density at radius 2 is 1.85 bits per heavy atom. The number of nitrogens with zero attached hydrogens (tertiary/aromatic N) is 4. The van der Waals surface area contributed by atoms with Crippen molar-refractivity contribution < 1.29 is 4.92 Å². The van der Waals surface area contributed by atoms with Crippen LogP contribution in [0.15, 0.2) is 54.6 Å². The van der Waals surface area contributed by atoms with Crippen molar-refractivity contribution in [2.24, 2.45) is 0 Å². The van der Waals surface area contributed by atoms with E-state index in [0.717, 1.165) is 17.0 Å². The summed E-state index contributed by atoms with van der Waals surface area (Å²) in [6, 6.07) is 16.2. The Balaban J connectivity index is 1.68. The van der Waals surface area contributed by atoms with Gasteiger partial charge in [-0.15, -0.1) is 0 Å². The topological polar surface area (TPSA) is 110 Å². The molecule has 0 atom stereocenters. The summed E-state index contributed by atoms with van der Waals surface area (Å²) in [4.78, 5) is 26.7. The van der Waals surface area contributed by atoms with Crippen LogP contribution < -0.4 is 5.32 Å². The summed E-state index contributed by atoms with van der Waals surface area (Å²) < 4.78 is 0. The number of aryl methyl sites for hydroxylation is 1. The summed E-state index contributed by atoms with van der Waals surface area (Å²) >= 11 is 0. The first-order valence-corrected chi connectivity index (χ1v) is 7.91. The molecule has 8 heteroatoms. The fourth-order valence-electron chi connectivity index (χ4n) is 2.66. The van der Waals surface area contributed by atoms with Crippen LogP contribution in [0.5, 0.6) is 0 Å². The van der Waals surface area contributed by atoms with Crippen LogP contribution in [-0.2, 0) is 0 Å². The quantitative estimate of drug-likeness (QED) is 0.427. The van der Waals surface area contributed by atoms with Crippen molar-refractivity contribution in [1.29, 1.82) is 0 Å². The van der Waals surface area contributed by atoms with Crippen LogP contribution >= 0.6 is 0 Å². The molecule has 2 heterocycles. The summed E-state index contributed by atoms with van der Waals surface area (Å²) in [7, 11) is 0. The molecular weight excluding hydrogens is 332 g/mol. The Kier molecular flexibility index (Phi) is 3.77. The van der Waals surface area contributed by atoms with Gasteiger partial charge in [0.25, 0.3) is 5.69 Å². The van der Waals surface area contributed by atoms with Gasteiger partial charge in [0.2, 0.25) is 11.9 Å². The van der Waals surface area contributed by atoms with Crippen molar-refractivity contribution in [3.8, 4) is 11.3 Å². The van der Waals surface area contributed by atoms with Crippen molar-refractivity contribution in [3.63, 3.8) is 0 Å². The van der Waals surface area contributed by atoms with Gasteiger partial charge in [-0.2, -0.15) is 0 Å². The maximum Gasteiger partial charge on any atom is 0.271 e. The first kappa shape index (κ1) is 15.7. The maximum atomic E-state index is 10.9. The number of nitro groups is 1. The fraction of sp³-hybridized carbons (Fsp3) is 0.0556. The molecule has 4 aromatic rings. The van der Waals surface area contributed by atoms with E-state index >= 15 is 0 Å². The second-order valence-electron chi connectivity index (χ2n) is 5.75. The maximum absolute atomic E-state index is 10.9. The minimum atomic E-state index is -0.441. The highest BCUT2D eigenvalue weighted by molar-refractivity contribution is 5.80. The lowest BCUT2D eigenvalue weighted by atomic mass is 10.1. The lowest BCUT2D eigenvalue weighted by Crippen LogP contribution is -2.01. The smallest absolute Gasteiger partial charge is 0.271 e. The molecule has 0 spiro atoms. The number of non-ortho nitro benzene ring substituents is 1. The number of aromatic nitrogens is 4. The molecule has 2 aromatic heterocycles. The molecule has 0 aliphatic heterocycles. The van der Waals surface area contributed by atoms with E-state index < -0.39 is 4.92 Å². The molecule has 0 amide bonds. The number of imidazole rings is 1. The SMILES string of the molecule is Cc1cc(-c2ccccc2)nc(Nc2nc3ccc([N+](=O)[O-])cc3[nH]2)n1. The number of fused-ring (bicyclic) bond motifs is 1. The van der Waals surface area contributed by atoms with Crippen LogP contribution in [0.3, 0.4) is 0 Å². The Labute approximate surface area is 148 Å². The molecule has 0 radical (unpaired) electrons. The van der Waals surface area contributed by atoms with Gasteiger partial charge < -0.3 is 4.98 Å². The number of nitro benzene ring substituents is 1. The van der Waals surface area contributed by atoms with Crippen molar-refractivity contribution in [2.75, 3.05) is 5.32 Å². The minimum absolute atomic E-state index is 0.00543. The molecule has 0 aliphatic carbocycles. The van der Waals surface area contributed by atoms with E-state index in [4.69, 9.17) is 0 Å². The van der Waals surface area contributed by atoms with E-state index in [9.17, 15) is 10.1 Å². The van der Waals surface area contributed by atoms with Gasteiger partial charge in [0, 0.05) is 23.4 Å². The van der Waals surface area contributed by atoms with Gasteiger partial charge in [0.05, 0.1) is 21.7 Å². The zero-order chi connectivity index (χ0) is 18.1. The molecule has 0 saturated heterocycles. The molecule has 0 saturated carbocycles. The molecule has 0 unspecified atom stereocenters. The van der Waals surface area contributed by atoms with E-state index in [1.54, 1.807) is 6.07 Å². The molecule has 2 N–H and O–H groups in total. The van der Waals surface area contributed by atoms with Gasteiger partial charge in [-0.3, -0.25) is 15.4 Å². The third-order valence-electron chi connectivity index (χ3n) is 3.83. The lowest BCUT2D eigenvalue weighted by Gasteiger charge is -2.06. The Bertz CT molecular complexity index is 1110. The molecule has 0 aliphatic rings. The minimum Gasteiger partial charge on any atom is -0.324 e. The average Bonchev–Trinajstić information content (AvgIpc) is 3.03. The van der Waals surface area contributed by atoms with Gasteiger partial charge in [-0.05, 0) is 19.1 Å². The number of H-pyrrole nitrogens is 1. The number of hydrogen-bond acceptors (Lipinski definition) is 6. The number of hydrogen-bond donors (Lipinski definition) is 2. The Hall–Kier alpha value is -3.81. The van der Waals surface area contributed by atoms with Gasteiger partial charge in [0.1, 0.15) is 0 Å². The first-order valence-electron chi connectivity index (χ1n) is 7.91. The third kappa shape index (κ3) is 3.07. The van der Waals surface area contributed by atoms with Crippen molar-refractivity contribution in [1.82, 2.24) is 19.9 Å². The first-order chi connectivity index (χ1) is 12.6. The van der Waals surface area contributed by atoms with Crippen LogP contribution in [0.4, 0.5) is 17.6 Å². The molecule has 128 valence electrons. The van der Waals surface area contributed by atoms with Crippen molar-refractivity contribution in [3.05, 3.63) is 70.4 Å². The number of aromatic amines is 1. The second-order valence-corrected chi connectivity index (χ2v) is 5.75. The molecule has 2 aromatic carbocycles. The Morgan fingerprint density at radius 3 is 2.62 bits per heavy atom. The van der Waals surface area contributed by atoms with Gasteiger partial charge >= 0.3 is 0 Å². The van der Waals surface area contributed by atoms with Crippen LogP contribution in [0.1, 0.15) is 5.69 Å². The summed E-state index contributed by atoms with van der Waals surface area (Å²) in [5.74, 6) is 0.822. The van der Waals surface area contributed by atoms with Crippen molar-refractivity contribution >= 4 is 28.6 Å². The van der Waals surface area contributed by atoms with Crippen LogP contribution in [0.2, 0.25) is 0 Å². The predicted molar refractivity (Wildman–Crippen MR) is 98.2 cm³/mol. The molecular formula is C18H14N6O2. The van der Waals surface area contributed by atoms with E-state index in [2.05, 4.69) is 25.3 Å². The van der Waals surface area contributed by atoms with Gasteiger partial charge in [0.15, 0.2) is 0 Å². The van der Waals surface area contributed by atoms with E-state index in [1.807, 2.05) is 43.3 Å². The van der Waals surface area contributed by atoms with Gasteiger partial charge in [-0.1, -0.05) is 30.3 Å².